The topological polar surface area (TPSA) is 57.7 Å². The number of sulfonamides is 1. The molecule has 0 radical (unpaired) electrons. The number of fused-ring (bicyclic) bond motifs is 1. The number of rotatable bonds is 3. The Morgan fingerprint density at radius 1 is 1.08 bits per heavy atom. The first-order valence-electron chi connectivity index (χ1n) is 9.16. The molecule has 2 fully saturated rings. The van der Waals surface area contributed by atoms with Gasteiger partial charge in [0.25, 0.3) is 5.91 Å². The van der Waals surface area contributed by atoms with Gasteiger partial charge in [0.15, 0.2) is 0 Å². The molecule has 2 aliphatic rings. The summed E-state index contributed by atoms with van der Waals surface area (Å²) in [6, 6.07) is 6.71. The smallest absolute Gasteiger partial charge is 0.254 e. The van der Waals surface area contributed by atoms with Crippen molar-refractivity contribution in [3.05, 3.63) is 29.8 Å². The number of piperidine rings is 1. The van der Waals surface area contributed by atoms with Crippen LogP contribution in [-0.2, 0) is 10.0 Å². The lowest BCUT2D eigenvalue weighted by atomic mass is 9.72. The van der Waals surface area contributed by atoms with Crippen LogP contribution in [0.1, 0.15) is 49.4 Å². The summed E-state index contributed by atoms with van der Waals surface area (Å²) in [6.45, 7) is 3.12. The SMILES string of the molecule is C[C@@H]1CCN(C(=O)c2ccc(S(=O)(=O)N(C)C)cc2)[C@H]2CCCC[C@@H]12. The van der Waals surface area contributed by atoms with E-state index in [0.29, 0.717) is 23.4 Å². The molecule has 1 aliphatic heterocycles. The second-order valence-electron chi connectivity index (χ2n) is 7.59. The summed E-state index contributed by atoms with van der Waals surface area (Å²) in [5, 5.41) is 0. The van der Waals surface area contributed by atoms with Gasteiger partial charge in [0, 0.05) is 32.2 Å². The molecule has 0 aromatic heterocycles. The summed E-state index contributed by atoms with van der Waals surface area (Å²) in [4.78, 5) is 15.3. The Labute approximate surface area is 151 Å². The van der Waals surface area contributed by atoms with Gasteiger partial charge >= 0.3 is 0 Å². The van der Waals surface area contributed by atoms with Crippen molar-refractivity contribution in [2.75, 3.05) is 20.6 Å². The molecule has 1 saturated heterocycles. The Morgan fingerprint density at radius 2 is 1.72 bits per heavy atom. The Hall–Kier alpha value is -1.40. The fraction of sp³-hybridized carbons (Fsp3) is 0.632. The predicted molar refractivity (Wildman–Crippen MR) is 97.9 cm³/mol. The van der Waals surface area contributed by atoms with Crippen molar-refractivity contribution < 1.29 is 13.2 Å². The lowest BCUT2D eigenvalue weighted by Crippen LogP contribution is -2.52. The van der Waals surface area contributed by atoms with E-state index in [0.717, 1.165) is 19.4 Å². The van der Waals surface area contributed by atoms with Crippen molar-refractivity contribution in [1.29, 1.82) is 0 Å². The zero-order valence-corrected chi connectivity index (χ0v) is 16.1. The van der Waals surface area contributed by atoms with Crippen LogP contribution in [0, 0.1) is 11.8 Å². The van der Waals surface area contributed by atoms with Gasteiger partial charge < -0.3 is 4.90 Å². The molecule has 0 spiro atoms. The van der Waals surface area contributed by atoms with Crippen LogP contribution in [0.15, 0.2) is 29.2 Å². The van der Waals surface area contributed by atoms with E-state index in [4.69, 9.17) is 0 Å². The van der Waals surface area contributed by atoms with E-state index < -0.39 is 10.0 Å². The van der Waals surface area contributed by atoms with Crippen molar-refractivity contribution in [3.63, 3.8) is 0 Å². The van der Waals surface area contributed by atoms with Crippen LogP contribution in [0.5, 0.6) is 0 Å². The summed E-state index contributed by atoms with van der Waals surface area (Å²) >= 11 is 0. The maximum absolute atomic E-state index is 13.0. The average Bonchev–Trinajstić information content (AvgIpc) is 2.62. The first-order valence-corrected chi connectivity index (χ1v) is 10.6. The minimum atomic E-state index is -3.46. The fourth-order valence-electron chi connectivity index (χ4n) is 4.31. The average molecular weight is 365 g/mol. The first-order chi connectivity index (χ1) is 11.8. The molecule has 1 aromatic carbocycles. The summed E-state index contributed by atoms with van der Waals surface area (Å²) in [7, 11) is -0.449. The fourth-order valence-corrected chi connectivity index (χ4v) is 5.21. The third-order valence-electron chi connectivity index (χ3n) is 5.88. The Kier molecular flexibility index (Phi) is 5.21. The van der Waals surface area contributed by atoms with E-state index in [9.17, 15) is 13.2 Å². The van der Waals surface area contributed by atoms with Gasteiger partial charge in [0.05, 0.1) is 4.90 Å². The van der Waals surface area contributed by atoms with Gasteiger partial charge in [-0.05, 0) is 55.4 Å². The number of nitrogens with zero attached hydrogens (tertiary/aromatic N) is 2. The van der Waals surface area contributed by atoms with E-state index >= 15 is 0 Å². The van der Waals surface area contributed by atoms with E-state index in [1.807, 2.05) is 4.90 Å². The summed E-state index contributed by atoms with van der Waals surface area (Å²) in [5.74, 6) is 1.33. The number of amides is 1. The van der Waals surface area contributed by atoms with Gasteiger partial charge in [-0.15, -0.1) is 0 Å². The second-order valence-corrected chi connectivity index (χ2v) is 9.74. The maximum atomic E-state index is 13.0. The Balaban J connectivity index is 1.81. The molecule has 0 bridgehead atoms. The molecule has 1 saturated carbocycles. The van der Waals surface area contributed by atoms with Crippen molar-refractivity contribution in [1.82, 2.24) is 9.21 Å². The van der Waals surface area contributed by atoms with Gasteiger partial charge in [-0.3, -0.25) is 4.79 Å². The van der Waals surface area contributed by atoms with Gasteiger partial charge in [-0.1, -0.05) is 19.8 Å². The van der Waals surface area contributed by atoms with E-state index in [1.165, 1.54) is 49.8 Å². The molecule has 1 aliphatic carbocycles. The lowest BCUT2D eigenvalue weighted by Gasteiger charge is -2.47. The summed E-state index contributed by atoms with van der Waals surface area (Å²) in [6.07, 6.45) is 5.83. The van der Waals surface area contributed by atoms with Gasteiger partial charge in [-0.25, -0.2) is 12.7 Å². The van der Waals surface area contributed by atoms with Crippen molar-refractivity contribution >= 4 is 15.9 Å². The molecule has 1 aromatic rings. The molecule has 0 unspecified atom stereocenters. The number of carbonyl (C=O) groups is 1. The molecule has 0 N–H and O–H groups in total. The normalized spacial score (nSPS) is 27.2. The first kappa shape index (κ1) is 18.4. The molecule has 6 heteroatoms. The lowest BCUT2D eigenvalue weighted by molar-refractivity contribution is 0.0217. The van der Waals surface area contributed by atoms with Crippen molar-refractivity contribution in [2.45, 2.75) is 50.0 Å². The quantitative estimate of drug-likeness (QED) is 0.828. The molecular weight excluding hydrogens is 336 g/mol. The third-order valence-corrected chi connectivity index (χ3v) is 7.71. The van der Waals surface area contributed by atoms with E-state index in [1.54, 1.807) is 12.1 Å². The largest absolute Gasteiger partial charge is 0.335 e. The molecule has 1 heterocycles. The monoisotopic (exact) mass is 364 g/mol. The van der Waals surface area contributed by atoms with Crippen molar-refractivity contribution in [3.8, 4) is 0 Å². The Bertz CT molecular complexity index is 728. The van der Waals surface area contributed by atoms with Crippen LogP contribution < -0.4 is 0 Å². The van der Waals surface area contributed by atoms with Crippen molar-refractivity contribution in [2.24, 2.45) is 11.8 Å². The highest BCUT2D eigenvalue weighted by molar-refractivity contribution is 7.89. The number of likely N-dealkylation sites (tertiary alicyclic amines) is 1. The molecule has 3 atom stereocenters. The zero-order valence-electron chi connectivity index (χ0n) is 15.3. The molecule has 138 valence electrons. The molecular formula is C19H28N2O3S. The molecule has 25 heavy (non-hydrogen) atoms. The van der Waals surface area contributed by atoms with Crippen LogP contribution in [0.2, 0.25) is 0 Å². The van der Waals surface area contributed by atoms with E-state index in [2.05, 4.69) is 6.92 Å². The van der Waals surface area contributed by atoms with Gasteiger partial charge in [-0.2, -0.15) is 0 Å². The maximum Gasteiger partial charge on any atom is 0.254 e. The minimum absolute atomic E-state index is 0.0394. The number of hydrogen-bond donors (Lipinski definition) is 0. The molecule has 5 nitrogen and oxygen atoms in total. The van der Waals surface area contributed by atoms with Crippen LogP contribution in [0.25, 0.3) is 0 Å². The molecule has 1 amide bonds. The van der Waals surface area contributed by atoms with Gasteiger partial charge in [0.1, 0.15) is 0 Å². The predicted octanol–water partition coefficient (Wildman–Crippen LogP) is 2.98. The van der Waals surface area contributed by atoms with Crippen LogP contribution in [0.3, 0.4) is 0 Å². The summed E-state index contributed by atoms with van der Waals surface area (Å²) in [5.41, 5.74) is 0.580. The summed E-state index contributed by atoms with van der Waals surface area (Å²) < 4.78 is 25.5. The zero-order chi connectivity index (χ0) is 18.2. The highest BCUT2D eigenvalue weighted by Gasteiger charge is 2.39. The standard InChI is InChI=1S/C19H28N2O3S/c1-14-12-13-21(18-7-5-4-6-17(14)18)19(22)15-8-10-16(11-9-15)25(23,24)20(2)3/h8-11,14,17-18H,4-7,12-13H2,1-3H3/t14-,17+,18+/m1/s1. The van der Waals surface area contributed by atoms with Crippen LogP contribution in [-0.4, -0.2) is 50.2 Å². The second kappa shape index (κ2) is 7.08. The van der Waals surface area contributed by atoms with Crippen LogP contribution >= 0.6 is 0 Å². The van der Waals surface area contributed by atoms with E-state index in [-0.39, 0.29) is 10.8 Å². The Morgan fingerprint density at radius 3 is 2.36 bits per heavy atom. The highest BCUT2D eigenvalue weighted by atomic mass is 32.2. The molecule has 3 rings (SSSR count). The minimum Gasteiger partial charge on any atom is -0.335 e. The highest BCUT2D eigenvalue weighted by Crippen LogP contribution is 2.39. The van der Waals surface area contributed by atoms with Gasteiger partial charge in [0.2, 0.25) is 10.0 Å². The third kappa shape index (κ3) is 3.47. The number of carbonyl (C=O) groups excluding carboxylic acids is 1. The number of benzene rings is 1. The number of hydrogen-bond acceptors (Lipinski definition) is 3. The van der Waals surface area contributed by atoms with Crippen LogP contribution in [0.4, 0.5) is 0 Å².